The summed E-state index contributed by atoms with van der Waals surface area (Å²) in [6.07, 6.45) is 0. The van der Waals surface area contributed by atoms with Gasteiger partial charge in [0.15, 0.2) is 0 Å². The maximum Gasteiger partial charge on any atom is 0.136 e. The first-order chi connectivity index (χ1) is 31.0. The molecule has 298 valence electrons. The summed E-state index contributed by atoms with van der Waals surface area (Å²) >= 11 is 0. The number of hydrogen-bond donors (Lipinski definition) is 0. The number of fused-ring (bicyclic) bond motifs is 7. The number of para-hydroxylation sites is 4. The molecule has 0 saturated heterocycles. The SMILES string of the molecule is CC1(C)c2ccccc2-c2ccc(-c3ccccc3N(c3ccccc3-c3ccc4c(c3)oc3ccccc34)c3ccccc3-c3cccc4cccc(-c5ccccc5)c34)cc21. The van der Waals surface area contributed by atoms with Gasteiger partial charge in [-0.05, 0) is 103 Å². The Bertz CT molecular complexity index is 3550. The van der Waals surface area contributed by atoms with Crippen molar-refractivity contribution in [1.82, 2.24) is 0 Å². The summed E-state index contributed by atoms with van der Waals surface area (Å²) in [6, 6.07) is 81.8. The largest absolute Gasteiger partial charge is 0.456 e. The molecule has 0 unspecified atom stereocenters. The summed E-state index contributed by atoms with van der Waals surface area (Å²) in [7, 11) is 0. The molecule has 0 N–H and O–H groups in total. The molecule has 12 rings (SSSR count). The molecular formula is C61H43NO. The van der Waals surface area contributed by atoms with Gasteiger partial charge in [-0.25, -0.2) is 0 Å². The predicted molar refractivity (Wildman–Crippen MR) is 265 cm³/mol. The van der Waals surface area contributed by atoms with Crippen LogP contribution in [0.15, 0.2) is 229 Å². The molecule has 1 heterocycles. The zero-order valence-electron chi connectivity index (χ0n) is 35.2. The Hall–Kier alpha value is -7.94. The van der Waals surface area contributed by atoms with Crippen LogP contribution in [0.25, 0.3) is 88.3 Å². The zero-order chi connectivity index (χ0) is 42.1. The summed E-state index contributed by atoms with van der Waals surface area (Å²) in [5.74, 6) is 0. The second-order valence-electron chi connectivity index (χ2n) is 17.2. The Balaban J connectivity index is 1.12. The van der Waals surface area contributed by atoms with Crippen LogP contribution in [0.5, 0.6) is 0 Å². The molecule has 0 atom stereocenters. The highest BCUT2D eigenvalue weighted by Gasteiger charge is 2.35. The molecule has 0 radical (unpaired) electrons. The Morgan fingerprint density at radius 1 is 0.333 bits per heavy atom. The molecule has 10 aromatic carbocycles. The lowest BCUT2D eigenvalue weighted by atomic mass is 9.81. The van der Waals surface area contributed by atoms with Gasteiger partial charge in [0, 0.05) is 32.9 Å². The average Bonchev–Trinajstić information content (AvgIpc) is 3.83. The van der Waals surface area contributed by atoms with E-state index >= 15 is 0 Å². The molecule has 1 aliphatic rings. The van der Waals surface area contributed by atoms with Crippen LogP contribution in [0.2, 0.25) is 0 Å². The smallest absolute Gasteiger partial charge is 0.136 e. The van der Waals surface area contributed by atoms with Crippen molar-refractivity contribution in [3.63, 3.8) is 0 Å². The van der Waals surface area contributed by atoms with E-state index in [0.717, 1.165) is 61.3 Å². The molecule has 0 saturated carbocycles. The topological polar surface area (TPSA) is 16.4 Å². The third-order valence-electron chi connectivity index (χ3n) is 13.3. The molecule has 0 bridgehead atoms. The summed E-state index contributed by atoms with van der Waals surface area (Å²) in [5.41, 5.74) is 19.6. The Labute approximate surface area is 368 Å². The van der Waals surface area contributed by atoms with Gasteiger partial charge in [-0.15, -0.1) is 0 Å². The summed E-state index contributed by atoms with van der Waals surface area (Å²) in [6.45, 7) is 4.72. The molecule has 63 heavy (non-hydrogen) atoms. The lowest BCUT2D eigenvalue weighted by molar-refractivity contribution is 0.660. The monoisotopic (exact) mass is 805 g/mol. The van der Waals surface area contributed by atoms with Crippen molar-refractivity contribution in [2.75, 3.05) is 4.90 Å². The molecule has 0 spiro atoms. The average molecular weight is 806 g/mol. The number of benzene rings is 10. The fourth-order valence-electron chi connectivity index (χ4n) is 10.3. The van der Waals surface area contributed by atoms with E-state index in [-0.39, 0.29) is 5.41 Å². The molecule has 0 fully saturated rings. The van der Waals surface area contributed by atoms with Gasteiger partial charge in [-0.2, -0.15) is 0 Å². The van der Waals surface area contributed by atoms with E-state index in [9.17, 15) is 0 Å². The van der Waals surface area contributed by atoms with Crippen molar-refractivity contribution in [2.45, 2.75) is 19.3 Å². The van der Waals surface area contributed by atoms with E-state index in [1.807, 2.05) is 12.1 Å². The van der Waals surface area contributed by atoms with Crippen molar-refractivity contribution >= 4 is 49.8 Å². The van der Waals surface area contributed by atoms with Gasteiger partial charge in [0.25, 0.3) is 0 Å². The maximum atomic E-state index is 6.49. The molecule has 1 aromatic heterocycles. The van der Waals surface area contributed by atoms with Gasteiger partial charge in [-0.1, -0.05) is 196 Å². The van der Waals surface area contributed by atoms with E-state index in [4.69, 9.17) is 4.42 Å². The Morgan fingerprint density at radius 3 is 1.60 bits per heavy atom. The van der Waals surface area contributed by atoms with Crippen LogP contribution in [0.4, 0.5) is 17.1 Å². The van der Waals surface area contributed by atoms with E-state index < -0.39 is 0 Å². The first-order valence-corrected chi connectivity index (χ1v) is 21.8. The van der Waals surface area contributed by atoms with E-state index in [1.54, 1.807) is 0 Å². The third kappa shape index (κ3) is 5.94. The van der Waals surface area contributed by atoms with Crippen LogP contribution in [0.1, 0.15) is 25.0 Å². The highest BCUT2D eigenvalue weighted by molar-refractivity contribution is 6.10. The zero-order valence-corrected chi connectivity index (χ0v) is 35.2. The van der Waals surface area contributed by atoms with Crippen LogP contribution >= 0.6 is 0 Å². The lowest BCUT2D eigenvalue weighted by Crippen LogP contribution is -2.15. The van der Waals surface area contributed by atoms with E-state index in [1.165, 1.54) is 55.3 Å². The van der Waals surface area contributed by atoms with Crippen molar-refractivity contribution in [3.8, 4) is 55.6 Å². The van der Waals surface area contributed by atoms with Crippen LogP contribution in [0.3, 0.4) is 0 Å². The minimum atomic E-state index is -0.129. The summed E-state index contributed by atoms with van der Waals surface area (Å²) in [4.78, 5) is 2.50. The molecule has 2 heteroatoms. The van der Waals surface area contributed by atoms with E-state index in [0.29, 0.717) is 0 Å². The lowest BCUT2D eigenvalue weighted by Gasteiger charge is -2.32. The molecule has 0 aliphatic heterocycles. The minimum Gasteiger partial charge on any atom is -0.456 e. The standard InChI is InChI=1S/C61H43NO/c1-61(2)53-29-11-6-24-47(53)48-36-34-42(38-54(48)61)44-22-7-12-30-55(44)62(56-31-13-8-23-45(56)43-35-37-51-50-26-10-15-33-58(50)63-59(51)39-43)57-32-14-9-25-49(57)52-28-17-21-41-20-16-27-46(60(41)52)40-18-4-3-5-19-40/h3-39H,1-2H3. The van der Waals surface area contributed by atoms with Crippen molar-refractivity contribution < 1.29 is 4.42 Å². The van der Waals surface area contributed by atoms with Crippen molar-refractivity contribution in [2.24, 2.45) is 0 Å². The fraction of sp³-hybridized carbons (Fsp3) is 0.0492. The first-order valence-electron chi connectivity index (χ1n) is 21.8. The van der Waals surface area contributed by atoms with Crippen LogP contribution in [0, 0.1) is 0 Å². The van der Waals surface area contributed by atoms with Crippen molar-refractivity contribution in [1.29, 1.82) is 0 Å². The number of rotatable bonds is 7. The number of hydrogen-bond acceptors (Lipinski definition) is 2. The molecule has 0 amide bonds. The van der Waals surface area contributed by atoms with Crippen molar-refractivity contribution in [3.05, 3.63) is 236 Å². The normalized spacial score (nSPS) is 12.7. The molecular weight excluding hydrogens is 763 g/mol. The van der Waals surface area contributed by atoms with Gasteiger partial charge < -0.3 is 9.32 Å². The van der Waals surface area contributed by atoms with Crippen LogP contribution in [-0.2, 0) is 5.41 Å². The van der Waals surface area contributed by atoms with Crippen LogP contribution in [-0.4, -0.2) is 0 Å². The molecule has 2 nitrogen and oxygen atoms in total. The molecule has 1 aliphatic carbocycles. The van der Waals surface area contributed by atoms with Gasteiger partial charge in [-0.3, -0.25) is 0 Å². The third-order valence-corrected chi connectivity index (χ3v) is 13.3. The number of nitrogens with zero attached hydrogens (tertiary/aromatic N) is 1. The predicted octanol–water partition coefficient (Wildman–Crippen LogP) is 17.2. The second kappa shape index (κ2) is 14.6. The van der Waals surface area contributed by atoms with E-state index in [2.05, 4.69) is 231 Å². The molecule has 11 aromatic rings. The van der Waals surface area contributed by atoms with Gasteiger partial charge >= 0.3 is 0 Å². The summed E-state index contributed by atoms with van der Waals surface area (Å²) in [5, 5.41) is 4.68. The summed E-state index contributed by atoms with van der Waals surface area (Å²) < 4.78 is 6.49. The van der Waals surface area contributed by atoms with Crippen LogP contribution < -0.4 is 4.90 Å². The minimum absolute atomic E-state index is 0.129. The fourth-order valence-corrected chi connectivity index (χ4v) is 10.3. The quantitative estimate of drug-likeness (QED) is 0.160. The maximum absolute atomic E-state index is 6.49. The first kappa shape index (κ1) is 36.9. The highest BCUT2D eigenvalue weighted by Crippen LogP contribution is 2.52. The number of anilines is 3. The number of furan rings is 1. The second-order valence-corrected chi connectivity index (χ2v) is 17.2. The highest BCUT2D eigenvalue weighted by atomic mass is 16.3. The van der Waals surface area contributed by atoms with Gasteiger partial charge in [0.05, 0.1) is 17.1 Å². The van der Waals surface area contributed by atoms with Gasteiger partial charge in [0.2, 0.25) is 0 Å². The Kier molecular flexibility index (Phi) is 8.55. The van der Waals surface area contributed by atoms with Gasteiger partial charge in [0.1, 0.15) is 11.2 Å². The Morgan fingerprint density at radius 2 is 0.857 bits per heavy atom.